The molecule has 2 aromatic rings. The van der Waals surface area contributed by atoms with E-state index in [1.54, 1.807) is 31.0 Å². The third-order valence-corrected chi connectivity index (χ3v) is 3.01. The lowest BCUT2D eigenvalue weighted by molar-refractivity contribution is 0.407. The van der Waals surface area contributed by atoms with Crippen LogP contribution in [0.25, 0.3) is 0 Å². The van der Waals surface area contributed by atoms with Crippen LogP contribution in [0, 0.1) is 0 Å². The second-order valence-electron chi connectivity index (χ2n) is 3.34. The van der Waals surface area contributed by atoms with Crippen LogP contribution in [0.2, 0.25) is 0 Å². The number of rotatable bonds is 5. The summed E-state index contributed by atoms with van der Waals surface area (Å²) < 4.78 is 5.37. The lowest BCUT2D eigenvalue weighted by Gasteiger charge is -2.11. The molecule has 90 valence electrons. The average Bonchev–Trinajstić information content (AvgIpc) is 2.83. The quantitative estimate of drug-likeness (QED) is 0.879. The van der Waals surface area contributed by atoms with E-state index in [9.17, 15) is 0 Å². The molecule has 0 aliphatic heterocycles. The Balaban J connectivity index is 2.29. The molecule has 0 aliphatic carbocycles. The molecule has 0 aromatic carbocycles. The van der Waals surface area contributed by atoms with E-state index >= 15 is 0 Å². The summed E-state index contributed by atoms with van der Waals surface area (Å²) in [5, 5.41) is 6.12. The molecule has 0 saturated heterocycles. The molecule has 1 N–H and O–H groups in total. The predicted octanol–water partition coefficient (Wildman–Crippen LogP) is 1.96. The van der Waals surface area contributed by atoms with Crippen molar-refractivity contribution in [3.63, 3.8) is 0 Å². The van der Waals surface area contributed by atoms with Gasteiger partial charge in [0.15, 0.2) is 11.6 Å². The van der Waals surface area contributed by atoms with Crippen LogP contribution in [0.1, 0.15) is 17.6 Å². The van der Waals surface area contributed by atoms with Crippen molar-refractivity contribution >= 4 is 17.2 Å². The first-order chi connectivity index (χ1) is 8.35. The second kappa shape index (κ2) is 5.58. The number of anilines is 1. The standard InChI is InChI=1S/C11H14N4OS/c1-3-12-11-10(16-2)8(14-7-15-11)6-9-13-4-5-17-9/h4-5,7H,3,6H2,1-2H3,(H,12,14,15). The summed E-state index contributed by atoms with van der Waals surface area (Å²) in [7, 11) is 1.63. The highest BCUT2D eigenvalue weighted by Gasteiger charge is 2.12. The largest absolute Gasteiger partial charge is 0.491 e. The Morgan fingerprint density at radius 1 is 1.35 bits per heavy atom. The van der Waals surface area contributed by atoms with E-state index in [1.165, 1.54) is 0 Å². The second-order valence-corrected chi connectivity index (χ2v) is 4.31. The molecule has 0 bridgehead atoms. The number of hydrogen-bond donors (Lipinski definition) is 1. The number of methoxy groups -OCH3 is 1. The normalized spacial score (nSPS) is 10.2. The van der Waals surface area contributed by atoms with Crippen molar-refractivity contribution in [2.75, 3.05) is 19.0 Å². The number of thiazole rings is 1. The summed E-state index contributed by atoms with van der Waals surface area (Å²) in [4.78, 5) is 12.7. The van der Waals surface area contributed by atoms with Gasteiger partial charge in [0.2, 0.25) is 0 Å². The van der Waals surface area contributed by atoms with Crippen molar-refractivity contribution in [3.05, 3.63) is 28.6 Å². The van der Waals surface area contributed by atoms with Gasteiger partial charge in [0.1, 0.15) is 6.33 Å². The zero-order valence-corrected chi connectivity index (χ0v) is 10.6. The summed E-state index contributed by atoms with van der Waals surface area (Å²) in [6, 6.07) is 0. The molecule has 0 amide bonds. The molecule has 0 unspecified atom stereocenters. The molecule has 0 saturated carbocycles. The minimum Gasteiger partial charge on any atom is -0.491 e. The SMILES string of the molecule is CCNc1ncnc(Cc2nccs2)c1OC. The molecular formula is C11H14N4OS. The van der Waals surface area contributed by atoms with Gasteiger partial charge in [0, 0.05) is 24.5 Å². The van der Waals surface area contributed by atoms with Crippen molar-refractivity contribution in [1.82, 2.24) is 15.0 Å². The molecule has 0 fully saturated rings. The maximum atomic E-state index is 5.37. The van der Waals surface area contributed by atoms with Crippen molar-refractivity contribution in [3.8, 4) is 5.75 Å². The minimum absolute atomic E-state index is 0.668. The van der Waals surface area contributed by atoms with Gasteiger partial charge in [0.05, 0.1) is 17.8 Å². The lowest BCUT2D eigenvalue weighted by Crippen LogP contribution is -2.06. The van der Waals surface area contributed by atoms with Gasteiger partial charge in [-0.2, -0.15) is 0 Å². The predicted molar refractivity (Wildman–Crippen MR) is 67.7 cm³/mol. The van der Waals surface area contributed by atoms with Crippen molar-refractivity contribution in [2.24, 2.45) is 0 Å². The van der Waals surface area contributed by atoms with E-state index in [0.717, 1.165) is 23.1 Å². The van der Waals surface area contributed by atoms with Gasteiger partial charge in [0.25, 0.3) is 0 Å². The number of nitrogens with one attached hydrogen (secondary N) is 1. The molecule has 0 spiro atoms. The molecule has 0 radical (unpaired) electrons. The van der Waals surface area contributed by atoms with Gasteiger partial charge in [-0.05, 0) is 6.92 Å². The maximum absolute atomic E-state index is 5.37. The monoisotopic (exact) mass is 250 g/mol. The molecule has 17 heavy (non-hydrogen) atoms. The van der Waals surface area contributed by atoms with Crippen molar-refractivity contribution < 1.29 is 4.74 Å². The van der Waals surface area contributed by atoms with Crippen LogP contribution in [0.4, 0.5) is 5.82 Å². The maximum Gasteiger partial charge on any atom is 0.183 e. The third-order valence-electron chi connectivity index (χ3n) is 2.23. The first-order valence-corrected chi connectivity index (χ1v) is 6.23. The molecule has 6 heteroatoms. The highest BCUT2D eigenvalue weighted by molar-refractivity contribution is 7.09. The first kappa shape index (κ1) is 11.8. The molecule has 2 aromatic heterocycles. The van der Waals surface area contributed by atoms with Gasteiger partial charge < -0.3 is 10.1 Å². The van der Waals surface area contributed by atoms with Crippen molar-refractivity contribution in [1.29, 1.82) is 0 Å². The van der Waals surface area contributed by atoms with Crippen LogP contribution >= 0.6 is 11.3 Å². The average molecular weight is 250 g/mol. The van der Waals surface area contributed by atoms with Gasteiger partial charge in [-0.25, -0.2) is 15.0 Å². The van der Waals surface area contributed by atoms with Gasteiger partial charge >= 0.3 is 0 Å². The van der Waals surface area contributed by atoms with E-state index in [-0.39, 0.29) is 0 Å². The molecular weight excluding hydrogens is 236 g/mol. The Morgan fingerprint density at radius 3 is 2.88 bits per heavy atom. The van der Waals surface area contributed by atoms with Crippen LogP contribution in [0.5, 0.6) is 5.75 Å². The zero-order valence-electron chi connectivity index (χ0n) is 9.80. The fourth-order valence-corrected chi connectivity index (χ4v) is 2.15. The Morgan fingerprint density at radius 2 is 2.24 bits per heavy atom. The Labute approximate surface area is 104 Å². The Kier molecular flexibility index (Phi) is 3.87. The number of aromatic nitrogens is 3. The molecule has 2 rings (SSSR count). The first-order valence-electron chi connectivity index (χ1n) is 5.35. The summed E-state index contributed by atoms with van der Waals surface area (Å²) in [6.07, 6.45) is 4.00. The van der Waals surface area contributed by atoms with E-state index in [1.807, 2.05) is 12.3 Å². The summed E-state index contributed by atoms with van der Waals surface area (Å²) in [5.41, 5.74) is 0.855. The number of nitrogens with zero attached hydrogens (tertiary/aromatic N) is 3. The number of ether oxygens (including phenoxy) is 1. The lowest BCUT2D eigenvalue weighted by atomic mass is 10.2. The molecule has 2 heterocycles. The van der Waals surface area contributed by atoms with Crippen LogP contribution in [-0.2, 0) is 6.42 Å². The van der Waals surface area contributed by atoms with Crippen LogP contribution < -0.4 is 10.1 Å². The Hall–Kier alpha value is -1.69. The van der Waals surface area contributed by atoms with Crippen LogP contribution in [-0.4, -0.2) is 28.6 Å². The van der Waals surface area contributed by atoms with Crippen molar-refractivity contribution in [2.45, 2.75) is 13.3 Å². The molecule has 0 aliphatic rings. The third kappa shape index (κ3) is 2.71. The fraction of sp³-hybridized carbons (Fsp3) is 0.364. The summed E-state index contributed by atoms with van der Waals surface area (Å²) in [6.45, 7) is 2.81. The zero-order chi connectivity index (χ0) is 12.1. The number of hydrogen-bond acceptors (Lipinski definition) is 6. The van der Waals surface area contributed by atoms with E-state index in [0.29, 0.717) is 12.2 Å². The van der Waals surface area contributed by atoms with Crippen LogP contribution in [0.3, 0.4) is 0 Å². The fourth-order valence-electron chi connectivity index (χ4n) is 1.53. The summed E-state index contributed by atoms with van der Waals surface area (Å²) >= 11 is 1.61. The molecule has 5 nitrogen and oxygen atoms in total. The minimum atomic E-state index is 0.668. The topological polar surface area (TPSA) is 59.9 Å². The van der Waals surface area contributed by atoms with Gasteiger partial charge in [-0.15, -0.1) is 11.3 Å². The highest BCUT2D eigenvalue weighted by atomic mass is 32.1. The van der Waals surface area contributed by atoms with Crippen LogP contribution in [0.15, 0.2) is 17.9 Å². The van der Waals surface area contributed by atoms with E-state index in [2.05, 4.69) is 20.3 Å². The summed E-state index contributed by atoms with van der Waals surface area (Å²) in [5.74, 6) is 1.43. The van der Waals surface area contributed by atoms with E-state index < -0.39 is 0 Å². The van der Waals surface area contributed by atoms with E-state index in [4.69, 9.17) is 4.74 Å². The Bertz CT molecular complexity index is 472. The highest BCUT2D eigenvalue weighted by Crippen LogP contribution is 2.26. The smallest absolute Gasteiger partial charge is 0.183 e. The van der Waals surface area contributed by atoms with Gasteiger partial charge in [-0.1, -0.05) is 0 Å². The molecule has 0 atom stereocenters. The van der Waals surface area contributed by atoms with Gasteiger partial charge in [-0.3, -0.25) is 0 Å².